The fourth-order valence-corrected chi connectivity index (χ4v) is 3.50. The molecular formula is C19H19ClN4O2. The number of pyridine rings is 2. The second-order valence-electron chi connectivity index (χ2n) is 6.39. The monoisotopic (exact) mass is 370 g/mol. The summed E-state index contributed by atoms with van der Waals surface area (Å²) in [6.45, 7) is 3.17. The van der Waals surface area contributed by atoms with Crippen LogP contribution in [0.3, 0.4) is 0 Å². The molecule has 0 radical (unpaired) electrons. The van der Waals surface area contributed by atoms with Crippen LogP contribution < -0.4 is 4.74 Å². The predicted octanol–water partition coefficient (Wildman–Crippen LogP) is 3.37. The Kier molecular flexibility index (Phi) is 4.51. The number of aryl methyl sites for hydroxylation is 1. The minimum absolute atomic E-state index is 0.0154. The van der Waals surface area contributed by atoms with E-state index in [1.807, 2.05) is 40.6 Å². The van der Waals surface area contributed by atoms with Gasteiger partial charge < -0.3 is 9.64 Å². The van der Waals surface area contributed by atoms with Gasteiger partial charge in [-0.15, -0.1) is 0 Å². The number of carbonyl (C=O) groups is 1. The molecule has 26 heavy (non-hydrogen) atoms. The minimum atomic E-state index is 0.0154. The van der Waals surface area contributed by atoms with Crippen LogP contribution in [-0.2, 0) is 0 Å². The van der Waals surface area contributed by atoms with E-state index in [9.17, 15) is 4.79 Å². The lowest BCUT2D eigenvalue weighted by atomic mass is 10.1. The van der Waals surface area contributed by atoms with E-state index in [-0.39, 0.29) is 12.0 Å². The SMILES string of the molecule is Cc1nc2ccccn2c1C(=O)N1CCC(Oc2ccncc2Cl)CC1. The summed E-state index contributed by atoms with van der Waals surface area (Å²) in [5.41, 5.74) is 2.18. The van der Waals surface area contributed by atoms with Crippen LogP contribution in [-0.4, -0.2) is 44.4 Å². The lowest BCUT2D eigenvalue weighted by Crippen LogP contribution is -2.42. The van der Waals surface area contributed by atoms with Crippen LogP contribution in [0.5, 0.6) is 5.75 Å². The smallest absolute Gasteiger partial charge is 0.272 e. The molecule has 0 atom stereocenters. The van der Waals surface area contributed by atoms with E-state index in [0.29, 0.717) is 29.6 Å². The van der Waals surface area contributed by atoms with E-state index >= 15 is 0 Å². The van der Waals surface area contributed by atoms with Crippen LogP contribution in [0, 0.1) is 6.92 Å². The van der Waals surface area contributed by atoms with Gasteiger partial charge in [0.25, 0.3) is 5.91 Å². The van der Waals surface area contributed by atoms with E-state index < -0.39 is 0 Å². The molecule has 4 heterocycles. The first-order valence-electron chi connectivity index (χ1n) is 8.62. The Hall–Kier alpha value is -2.60. The molecule has 1 fully saturated rings. The van der Waals surface area contributed by atoms with Crippen molar-refractivity contribution in [3.8, 4) is 5.75 Å². The normalized spacial score (nSPS) is 15.4. The third-order valence-electron chi connectivity index (χ3n) is 4.66. The Bertz CT molecular complexity index is 948. The molecule has 0 bridgehead atoms. The minimum Gasteiger partial charge on any atom is -0.489 e. The van der Waals surface area contributed by atoms with E-state index in [1.165, 1.54) is 0 Å². The van der Waals surface area contributed by atoms with Gasteiger partial charge in [0.2, 0.25) is 0 Å². The first kappa shape index (κ1) is 16.8. The van der Waals surface area contributed by atoms with E-state index in [2.05, 4.69) is 9.97 Å². The second-order valence-corrected chi connectivity index (χ2v) is 6.80. The summed E-state index contributed by atoms with van der Waals surface area (Å²) < 4.78 is 7.83. The Labute approximate surface area is 156 Å². The first-order valence-corrected chi connectivity index (χ1v) is 9.00. The predicted molar refractivity (Wildman–Crippen MR) is 98.7 cm³/mol. The van der Waals surface area contributed by atoms with E-state index in [0.717, 1.165) is 24.2 Å². The number of likely N-dealkylation sites (tertiary alicyclic amines) is 1. The molecule has 1 saturated heterocycles. The van der Waals surface area contributed by atoms with Gasteiger partial charge in [-0.1, -0.05) is 17.7 Å². The summed E-state index contributed by atoms with van der Waals surface area (Å²) in [6, 6.07) is 7.50. The van der Waals surface area contributed by atoms with E-state index in [4.69, 9.17) is 16.3 Å². The standard InChI is InChI=1S/C19H19ClN4O2/c1-13-18(24-9-3-2-4-17(24)22-13)19(25)23-10-6-14(7-11-23)26-16-5-8-21-12-15(16)20/h2-5,8-9,12,14H,6-7,10-11H2,1H3. The fraction of sp³-hybridized carbons (Fsp3) is 0.316. The van der Waals surface area contributed by atoms with Gasteiger partial charge in [0, 0.05) is 50.6 Å². The van der Waals surface area contributed by atoms with Gasteiger partial charge in [0.1, 0.15) is 28.2 Å². The second kappa shape index (κ2) is 6.96. The number of rotatable bonds is 3. The average molecular weight is 371 g/mol. The number of hydrogen-bond acceptors (Lipinski definition) is 4. The number of fused-ring (bicyclic) bond motifs is 1. The third kappa shape index (κ3) is 3.12. The topological polar surface area (TPSA) is 59.7 Å². The van der Waals surface area contributed by atoms with E-state index in [1.54, 1.807) is 18.5 Å². The molecular weight excluding hydrogens is 352 g/mol. The average Bonchev–Trinajstić information content (AvgIpc) is 2.99. The highest BCUT2D eigenvalue weighted by atomic mass is 35.5. The highest BCUT2D eigenvalue weighted by molar-refractivity contribution is 6.31. The van der Waals surface area contributed by atoms with Crippen molar-refractivity contribution >= 4 is 23.2 Å². The highest BCUT2D eigenvalue weighted by Crippen LogP contribution is 2.26. The Morgan fingerprint density at radius 3 is 2.85 bits per heavy atom. The fourth-order valence-electron chi connectivity index (χ4n) is 3.34. The molecule has 1 aliphatic heterocycles. The molecule has 1 aliphatic rings. The van der Waals surface area contributed by atoms with Crippen molar-refractivity contribution < 1.29 is 9.53 Å². The van der Waals surface area contributed by atoms with Crippen LogP contribution in [0.2, 0.25) is 5.02 Å². The molecule has 3 aromatic rings. The quantitative estimate of drug-likeness (QED) is 0.709. The highest BCUT2D eigenvalue weighted by Gasteiger charge is 2.28. The summed E-state index contributed by atoms with van der Waals surface area (Å²) in [5, 5.41) is 0.507. The number of hydrogen-bond donors (Lipinski definition) is 0. The number of ether oxygens (including phenoxy) is 1. The van der Waals surface area contributed by atoms with Gasteiger partial charge in [-0.05, 0) is 19.1 Å². The molecule has 7 heteroatoms. The molecule has 3 aromatic heterocycles. The third-order valence-corrected chi connectivity index (χ3v) is 4.95. The zero-order valence-corrected chi connectivity index (χ0v) is 15.2. The molecule has 0 saturated carbocycles. The van der Waals surface area contributed by atoms with Crippen molar-refractivity contribution in [2.24, 2.45) is 0 Å². The summed E-state index contributed by atoms with van der Waals surface area (Å²) >= 11 is 6.10. The number of imidazole rings is 1. The van der Waals surface area contributed by atoms with Gasteiger partial charge in [0.15, 0.2) is 0 Å². The van der Waals surface area contributed by atoms with Gasteiger partial charge in [-0.3, -0.25) is 14.2 Å². The van der Waals surface area contributed by atoms with Crippen molar-refractivity contribution in [3.05, 3.63) is 59.3 Å². The molecule has 134 valence electrons. The summed E-state index contributed by atoms with van der Waals surface area (Å²) in [7, 11) is 0. The molecule has 0 unspecified atom stereocenters. The number of aromatic nitrogens is 3. The Morgan fingerprint density at radius 1 is 1.27 bits per heavy atom. The Balaban J connectivity index is 1.45. The molecule has 0 aliphatic carbocycles. The van der Waals surface area contributed by atoms with Crippen molar-refractivity contribution in [1.82, 2.24) is 19.3 Å². The summed E-state index contributed by atoms with van der Waals surface area (Å²) in [4.78, 5) is 23.3. The van der Waals surface area contributed by atoms with Crippen molar-refractivity contribution in [2.75, 3.05) is 13.1 Å². The van der Waals surface area contributed by atoms with Gasteiger partial charge in [-0.25, -0.2) is 4.98 Å². The van der Waals surface area contributed by atoms with Crippen LogP contribution in [0.4, 0.5) is 0 Å². The van der Waals surface area contributed by atoms with Gasteiger partial charge >= 0.3 is 0 Å². The van der Waals surface area contributed by atoms with Crippen molar-refractivity contribution in [2.45, 2.75) is 25.9 Å². The molecule has 0 spiro atoms. The Morgan fingerprint density at radius 2 is 2.08 bits per heavy atom. The first-order chi connectivity index (χ1) is 12.6. The lowest BCUT2D eigenvalue weighted by Gasteiger charge is -2.32. The number of piperidine rings is 1. The van der Waals surface area contributed by atoms with Crippen LogP contribution in [0.1, 0.15) is 29.0 Å². The maximum Gasteiger partial charge on any atom is 0.272 e. The zero-order valence-electron chi connectivity index (χ0n) is 14.4. The maximum atomic E-state index is 13.0. The number of halogens is 1. The molecule has 0 aromatic carbocycles. The van der Waals surface area contributed by atoms with Crippen LogP contribution in [0.25, 0.3) is 5.65 Å². The van der Waals surface area contributed by atoms with Crippen molar-refractivity contribution in [3.63, 3.8) is 0 Å². The number of carbonyl (C=O) groups excluding carboxylic acids is 1. The molecule has 0 N–H and O–H groups in total. The zero-order chi connectivity index (χ0) is 18.1. The van der Waals surface area contributed by atoms with Crippen LogP contribution in [0.15, 0.2) is 42.9 Å². The largest absolute Gasteiger partial charge is 0.489 e. The number of nitrogens with zero attached hydrogens (tertiary/aromatic N) is 4. The van der Waals surface area contributed by atoms with Gasteiger partial charge in [-0.2, -0.15) is 0 Å². The molecule has 1 amide bonds. The molecule has 6 nitrogen and oxygen atoms in total. The summed E-state index contributed by atoms with van der Waals surface area (Å²) in [6.07, 6.45) is 6.68. The summed E-state index contributed by atoms with van der Waals surface area (Å²) in [5.74, 6) is 0.658. The van der Waals surface area contributed by atoms with Gasteiger partial charge in [0.05, 0.1) is 5.69 Å². The van der Waals surface area contributed by atoms with Crippen LogP contribution >= 0.6 is 11.6 Å². The molecule has 4 rings (SSSR count). The van der Waals surface area contributed by atoms with Crippen molar-refractivity contribution in [1.29, 1.82) is 0 Å². The number of amides is 1. The maximum absolute atomic E-state index is 13.0. The lowest BCUT2D eigenvalue weighted by molar-refractivity contribution is 0.0588.